The number of aromatic amines is 1. The number of aromatic nitrogens is 2. The average molecular weight is 284 g/mol. The molecule has 0 saturated carbocycles. The van der Waals surface area contributed by atoms with Crippen molar-refractivity contribution in [1.29, 1.82) is 0 Å². The Hall–Kier alpha value is -1.93. The molecule has 0 aliphatic rings. The van der Waals surface area contributed by atoms with Crippen molar-refractivity contribution in [3.8, 4) is 0 Å². The van der Waals surface area contributed by atoms with Crippen LogP contribution in [0.25, 0.3) is 0 Å². The predicted molar refractivity (Wildman–Crippen MR) is 68.4 cm³/mol. The van der Waals surface area contributed by atoms with Gasteiger partial charge in [0, 0.05) is 12.1 Å². The minimum Gasteiger partial charge on any atom is -0.326 e. The Morgan fingerprint density at radius 1 is 1.47 bits per heavy atom. The predicted octanol–water partition coefficient (Wildman–Crippen LogP) is 1.12. The molecule has 0 bridgehead atoms. The molecule has 19 heavy (non-hydrogen) atoms. The van der Waals surface area contributed by atoms with Gasteiger partial charge in [-0.05, 0) is 24.6 Å². The zero-order chi connectivity index (χ0) is 14.0. The fourth-order valence-electron chi connectivity index (χ4n) is 1.58. The number of hydrogen-bond donors (Lipinski definition) is 3. The number of halogens is 1. The van der Waals surface area contributed by atoms with Crippen molar-refractivity contribution in [3.63, 3.8) is 0 Å². The van der Waals surface area contributed by atoms with Crippen LogP contribution in [0.2, 0.25) is 0 Å². The quantitative estimate of drug-likeness (QED) is 0.783. The molecule has 8 heteroatoms. The highest BCUT2D eigenvalue weighted by Crippen LogP contribution is 2.20. The van der Waals surface area contributed by atoms with Crippen LogP contribution < -0.4 is 10.5 Å². The number of nitrogens with one attached hydrogen (secondary N) is 2. The zero-order valence-corrected chi connectivity index (χ0v) is 11.0. The molecule has 1 heterocycles. The molecule has 0 aliphatic carbocycles. The third kappa shape index (κ3) is 2.74. The second-order valence-electron chi connectivity index (χ2n) is 4.02. The van der Waals surface area contributed by atoms with Gasteiger partial charge in [0.1, 0.15) is 5.82 Å². The molecule has 1 aromatic carbocycles. The summed E-state index contributed by atoms with van der Waals surface area (Å²) in [5.41, 5.74) is 6.32. The Bertz CT molecular complexity index is 696. The van der Waals surface area contributed by atoms with E-state index in [-0.39, 0.29) is 17.3 Å². The molecular weight excluding hydrogens is 271 g/mol. The Kier molecular flexibility index (Phi) is 3.54. The van der Waals surface area contributed by atoms with Crippen LogP contribution in [0.15, 0.2) is 29.4 Å². The van der Waals surface area contributed by atoms with Crippen molar-refractivity contribution < 1.29 is 12.8 Å². The second kappa shape index (κ2) is 4.98. The molecule has 2 rings (SSSR count). The molecule has 0 atom stereocenters. The van der Waals surface area contributed by atoms with Crippen LogP contribution in [0.4, 0.5) is 10.1 Å². The van der Waals surface area contributed by atoms with Crippen molar-refractivity contribution in [1.82, 2.24) is 10.2 Å². The first-order valence-electron chi connectivity index (χ1n) is 5.45. The van der Waals surface area contributed by atoms with E-state index in [1.165, 1.54) is 18.3 Å². The smallest absolute Gasteiger partial charge is 0.279 e. The first kappa shape index (κ1) is 13.5. The van der Waals surface area contributed by atoms with E-state index in [4.69, 9.17) is 5.73 Å². The van der Waals surface area contributed by atoms with Crippen molar-refractivity contribution in [2.75, 3.05) is 4.72 Å². The van der Waals surface area contributed by atoms with Gasteiger partial charge in [-0.15, -0.1) is 0 Å². The maximum Gasteiger partial charge on any atom is 0.279 e. The summed E-state index contributed by atoms with van der Waals surface area (Å²) in [6, 6.07) is 4.22. The highest BCUT2D eigenvalue weighted by atomic mass is 32.2. The topological polar surface area (TPSA) is 101 Å². The maximum absolute atomic E-state index is 13.6. The number of H-pyrrole nitrogens is 1. The minimum absolute atomic E-state index is 0.0170. The molecule has 1 aromatic heterocycles. The zero-order valence-electron chi connectivity index (χ0n) is 10.1. The number of sulfonamides is 1. The summed E-state index contributed by atoms with van der Waals surface area (Å²) < 4.78 is 39.9. The SMILES string of the molecule is Cc1ccc(NS(=O)(=O)c2[nH]ncc2CN)c(F)c1. The van der Waals surface area contributed by atoms with E-state index in [1.807, 2.05) is 0 Å². The molecule has 0 spiro atoms. The highest BCUT2D eigenvalue weighted by Gasteiger charge is 2.21. The fraction of sp³-hybridized carbons (Fsp3) is 0.182. The first-order chi connectivity index (χ1) is 8.94. The standard InChI is InChI=1S/C11H13FN4O2S/c1-7-2-3-10(9(12)4-7)16-19(17,18)11-8(5-13)6-14-15-11/h2-4,6,16H,5,13H2,1H3,(H,14,15). The lowest BCUT2D eigenvalue weighted by molar-refractivity contribution is 0.593. The van der Waals surface area contributed by atoms with Crippen LogP contribution in [0.5, 0.6) is 0 Å². The number of rotatable bonds is 4. The number of aryl methyl sites for hydroxylation is 1. The lowest BCUT2D eigenvalue weighted by atomic mass is 10.2. The maximum atomic E-state index is 13.6. The summed E-state index contributed by atoms with van der Waals surface area (Å²) in [4.78, 5) is 0. The molecule has 4 N–H and O–H groups in total. The molecular formula is C11H13FN4O2S. The minimum atomic E-state index is -3.94. The molecule has 0 saturated heterocycles. The molecule has 102 valence electrons. The summed E-state index contributed by atoms with van der Waals surface area (Å²) >= 11 is 0. The van der Waals surface area contributed by atoms with Gasteiger partial charge in [-0.2, -0.15) is 13.5 Å². The van der Waals surface area contributed by atoms with Crippen molar-refractivity contribution in [2.45, 2.75) is 18.5 Å². The second-order valence-corrected chi connectivity index (χ2v) is 5.64. The molecule has 0 radical (unpaired) electrons. The number of hydrogen-bond acceptors (Lipinski definition) is 4. The van der Waals surface area contributed by atoms with Gasteiger partial charge < -0.3 is 5.73 Å². The largest absolute Gasteiger partial charge is 0.326 e. The van der Waals surface area contributed by atoms with E-state index >= 15 is 0 Å². The Morgan fingerprint density at radius 3 is 2.84 bits per heavy atom. The Balaban J connectivity index is 2.37. The van der Waals surface area contributed by atoms with Gasteiger partial charge in [-0.3, -0.25) is 9.82 Å². The van der Waals surface area contributed by atoms with Crippen molar-refractivity contribution >= 4 is 15.7 Å². The summed E-state index contributed by atoms with van der Waals surface area (Å²) in [5.74, 6) is -0.641. The fourth-order valence-corrected chi connectivity index (χ4v) is 2.79. The van der Waals surface area contributed by atoms with E-state index in [0.29, 0.717) is 11.1 Å². The first-order valence-corrected chi connectivity index (χ1v) is 6.93. The van der Waals surface area contributed by atoms with Gasteiger partial charge in [-0.1, -0.05) is 6.07 Å². The van der Waals surface area contributed by atoms with Gasteiger partial charge in [0.05, 0.1) is 11.9 Å². The van der Waals surface area contributed by atoms with E-state index in [2.05, 4.69) is 14.9 Å². The van der Waals surface area contributed by atoms with Crippen LogP contribution in [0, 0.1) is 12.7 Å². The summed E-state index contributed by atoms with van der Waals surface area (Å²) in [6.45, 7) is 1.73. The Labute approximate surface area is 109 Å². The molecule has 6 nitrogen and oxygen atoms in total. The third-order valence-electron chi connectivity index (χ3n) is 2.54. The average Bonchev–Trinajstić information content (AvgIpc) is 2.82. The van der Waals surface area contributed by atoms with Crippen LogP contribution >= 0.6 is 0 Å². The van der Waals surface area contributed by atoms with Crippen LogP contribution in [-0.4, -0.2) is 18.6 Å². The van der Waals surface area contributed by atoms with Crippen molar-refractivity contribution in [3.05, 3.63) is 41.3 Å². The van der Waals surface area contributed by atoms with Gasteiger partial charge in [-0.25, -0.2) is 4.39 Å². The number of nitrogens with two attached hydrogens (primary N) is 1. The van der Waals surface area contributed by atoms with Crippen LogP contribution in [0.3, 0.4) is 0 Å². The highest BCUT2D eigenvalue weighted by molar-refractivity contribution is 7.92. The summed E-state index contributed by atoms with van der Waals surface area (Å²) in [6.07, 6.45) is 1.32. The van der Waals surface area contributed by atoms with Crippen molar-refractivity contribution in [2.24, 2.45) is 5.73 Å². The van der Waals surface area contributed by atoms with E-state index < -0.39 is 15.8 Å². The summed E-state index contributed by atoms with van der Waals surface area (Å²) in [7, 11) is -3.94. The Morgan fingerprint density at radius 2 is 2.21 bits per heavy atom. The third-order valence-corrected chi connectivity index (χ3v) is 3.92. The number of benzene rings is 1. The molecule has 0 amide bonds. The van der Waals surface area contributed by atoms with Gasteiger partial charge in [0.15, 0.2) is 5.03 Å². The lowest BCUT2D eigenvalue weighted by Crippen LogP contribution is -2.17. The number of nitrogens with zero attached hydrogens (tertiary/aromatic N) is 1. The normalized spacial score (nSPS) is 11.5. The number of anilines is 1. The molecule has 0 fully saturated rings. The lowest BCUT2D eigenvalue weighted by Gasteiger charge is -2.09. The monoisotopic (exact) mass is 284 g/mol. The molecule has 0 unspecified atom stereocenters. The van der Waals surface area contributed by atoms with E-state index in [1.54, 1.807) is 13.0 Å². The van der Waals surface area contributed by atoms with Gasteiger partial charge in [0.2, 0.25) is 0 Å². The molecule has 2 aromatic rings. The molecule has 0 aliphatic heterocycles. The van der Waals surface area contributed by atoms with Gasteiger partial charge in [0.25, 0.3) is 10.0 Å². The summed E-state index contributed by atoms with van der Waals surface area (Å²) in [5, 5.41) is 5.81. The van der Waals surface area contributed by atoms with E-state index in [9.17, 15) is 12.8 Å². The van der Waals surface area contributed by atoms with Crippen LogP contribution in [-0.2, 0) is 16.6 Å². The van der Waals surface area contributed by atoms with E-state index in [0.717, 1.165) is 0 Å². The van der Waals surface area contributed by atoms with Crippen LogP contribution in [0.1, 0.15) is 11.1 Å². The van der Waals surface area contributed by atoms with Gasteiger partial charge >= 0.3 is 0 Å².